The van der Waals surface area contributed by atoms with Crippen molar-refractivity contribution in [3.63, 3.8) is 0 Å². The van der Waals surface area contributed by atoms with Crippen LogP contribution in [0.2, 0.25) is 0 Å². The largest absolute Gasteiger partial charge is 0.487 e. The van der Waals surface area contributed by atoms with Crippen LogP contribution in [0, 0.1) is 24.7 Å². The maximum absolute atomic E-state index is 9.96. The molecule has 1 fully saturated rings. The first-order chi connectivity index (χ1) is 27.6. The fourth-order valence-corrected chi connectivity index (χ4v) is 10.3. The summed E-state index contributed by atoms with van der Waals surface area (Å²) in [6, 6.07) is 27.3. The minimum Gasteiger partial charge on any atom is -0.487 e. The van der Waals surface area contributed by atoms with Crippen molar-refractivity contribution in [3.8, 4) is 11.5 Å². The second-order valence-corrected chi connectivity index (χ2v) is 17.9. The summed E-state index contributed by atoms with van der Waals surface area (Å²) in [6.07, 6.45) is 9.92. The lowest BCUT2D eigenvalue weighted by Gasteiger charge is -2.58. The molecule has 302 valence electrons. The molecule has 0 spiro atoms. The summed E-state index contributed by atoms with van der Waals surface area (Å²) in [5, 5.41) is 27.0. The van der Waals surface area contributed by atoms with E-state index in [0.29, 0.717) is 19.6 Å². The van der Waals surface area contributed by atoms with Gasteiger partial charge in [0.1, 0.15) is 23.7 Å². The van der Waals surface area contributed by atoms with Crippen molar-refractivity contribution in [1.29, 1.82) is 0 Å². The Balaban J connectivity index is 1.40. The number of thioether (sulfide) groups is 1. The SMILES string of the molecule is C=CCOC12Oc3ccc(OCc4cccc(C)n4)cc3C3C(CCCCO)C(CCCCO)C=C(C(=NOC(C)(C)C)CC1Sc1ccc4ccccc4c1)C32. The van der Waals surface area contributed by atoms with Gasteiger partial charge in [0.05, 0.1) is 29.2 Å². The van der Waals surface area contributed by atoms with E-state index in [9.17, 15) is 10.2 Å². The van der Waals surface area contributed by atoms with Crippen molar-refractivity contribution in [3.05, 3.63) is 120 Å². The molecule has 6 atom stereocenters. The Morgan fingerprint density at radius 1 is 0.947 bits per heavy atom. The van der Waals surface area contributed by atoms with Crippen molar-refractivity contribution in [2.75, 3.05) is 19.8 Å². The van der Waals surface area contributed by atoms with Gasteiger partial charge in [-0.25, -0.2) is 0 Å². The second kappa shape index (κ2) is 18.2. The van der Waals surface area contributed by atoms with Crippen molar-refractivity contribution >= 4 is 28.2 Å². The summed E-state index contributed by atoms with van der Waals surface area (Å²) in [6.45, 7) is 13.1. The van der Waals surface area contributed by atoms with E-state index in [0.717, 1.165) is 83.2 Å². The molecule has 4 aromatic rings. The zero-order valence-corrected chi connectivity index (χ0v) is 34.7. The van der Waals surface area contributed by atoms with Gasteiger partial charge in [-0.15, -0.1) is 18.3 Å². The number of aromatic nitrogens is 1. The first kappa shape index (κ1) is 41.0. The van der Waals surface area contributed by atoms with E-state index in [2.05, 4.69) is 72.2 Å². The molecule has 1 saturated carbocycles. The standard InChI is InChI=1S/C48H58N2O6S/c1-6-26-54-48-44(57-38-22-20-33-15-7-8-16-34(33)27-38)30-42(50-56-47(3,4)5)40-28-35(17-9-11-24-51)39(19-10-12-25-52)45(46(40)48)41-29-37(21-23-43(41)55-48)53-31-36-18-13-14-32(2)49-36/h6-8,13-16,18,20-23,27-29,35,39,44-46,51-52H,1,9-12,17,19,24-26,30-31H2,2-5H3. The lowest BCUT2D eigenvalue weighted by molar-refractivity contribution is -0.223. The van der Waals surface area contributed by atoms with Crippen LogP contribution in [-0.4, -0.2) is 57.4 Å². The van der Waals surface area contributed by atoms with Crippen LogP contribution >= 0.6 is 11.8 Å². The molecule has 7 rings (SSSR count). The Hall–Kier alpha value is -4.15. The number of fused-ring (bicyclic) bond motifs is 3. The zero-order chi connectivity index (χ0) is 40.0. The van der Waals surface area contributed by atoms with Crippen LogP contribution < -0.4 is 9.47 Å². The number of hydrogen-bond acceptors (Lipinski definition) is 9. The van der Waals surface area contributed by atoms with Gasteiger partial charge in [-0.05, 0) is 124 Å². The highest BCUT2D eigenvalue weighted by Gasteiger charge is 2.64. The maximum Gasteiger partial charge on any atom is 0.231 e. The Bertz CT molecular complexity index is 2080. The normalized spacial score (nSPS) is 24.6. The number of rotatable bonds is 17. The van der Waals surface area contributed by atoms with E-state index in [1.165, 1.54) is 10.8 Å². The summed E-state index contributed by atoms with van der Waals surface area (Å²) >= 11 is 1.77. The van der Waals surface area contributed by atoms with Crippen molar-refractivity contribution in [2.24, 2.45) is 22.9 Å². The molecule has 3 aromatic carbocycles. The van der Waals surface area contributed by atoms with E-state index in [-0.39, 0.29) is 42.1 Å². The van der Waals surface area contributed by atoms with E-state index in [1.54, 1.807) is 11.8 Å². The van der Waals surface area contributed by atoms with Crippen LogP contribution in [0.5, 0.6) is 11.5 Å². The number of hydrogen-bond donors (Lipinski definition) is 2. The number of pyridine rings is 1. The smallest absolute Gasteiger partial charge is 0.231 e. The number of aryl methyl sites for hydroxylation is 1. The molecule has 9 heteroatoms. The summed E-state index contributed by atoms with van der Waals surface area (Å²) in [5.41, 5.74) is 4.45. The van der Waals surface area contributed by atoms with Gasteiger partial charge >= 0.3 is 0 Å². The number of aliphatic hydroxyl groups is 2. The molecule has 8 nitrogen and oxygen atoms in total. The molecule has 0 saturated heterocycles. The van der Waals surface area contributed by atoms with Crippen LogP contribution in [0.15, 0.2) is 113 Å². The fourth-order valence-electron chi connectivity index (χ4n) is 8.95. The highest BCUT2D eigenvalue weighted by molar-refractivity contribution is 8.00. The minimum absolute atomic E-state index is 0.0307. The maximum atomic E-state index is 9.96. The number of ether oxygens (including phenoxy) is 3. The molecule has 1 aromatic heterocycles. The third-order valence-corrected chi connectivity index (χ3v) is 12.7. The second-order valence-electron chi connectivity index (χ2n) is 16.6. The Morgan fingerprint density at radius 3 is 2.49 bits per heavy atom. The summed E-state index contributed by atoms with van der Waals surface area (Å²) in [5.74, 6) is 0.594. The topological polar surface area (TPSA) is 103 Å². The third-order valence-electron chi connectivity index (χ3n) is 11.4. The summed E-state index contributed by atoms with van der Waals surface area (Å²) in [4.78, 5) is 12.1. The molecule has 3 aliphatic rings. The van der Waals surface area contributed by atoms with Gasteiger partial charge < -0.3 is 29.3 Å². The quantitative estimate of drug-likeness (QED) is 0.0619. The van der Waals surface area contributed by atoms with Crippen molar-refractivity contribution in [2.45, 2.75) is 107 Å². The van der Waals surface area contributed by atoms with E-state index < -0.39 is 11.4 Å². The lowest BCUT2D eigenvalue weighted by atomic mass is 9.56. The van der Waals surface area contributed by atoms with Crippen LogP contribution in [0.25, 0.3) is 10.8 Å². The molecular formula is C48H58N2O6S. The van der Waals surface area contributed by atoms with Crippen molar-refractivity contribution in [1.82, 2.24) is 4.98 Å². The first-order valence-electron chi connectivity index (χ1n) is 20.6. The van der Waals surface area contributed by atoms with Gasteiger partial charge in [-0.2, -0.15) is 0 Å². The van der Waals surface area contributed by atoms with Crippen LogP contribution in [0.4, 0.5) is 0 Å². The van der Waals surface area contributed by atoms with Gasteiger partial charge in [0.15, 0.2) is 0 Å². The highest BCUT2D eigenvalue weighted by atomic mass is 32.2. The van der Waals surface area contributed by atoms with Gasteiger partial charge in [-0.3, -0.25) is 4.98 Å². The van der Waals surface area contributed by atoms with Gasteiger partial charge in [0.25, 0.3) is 0 Å². The molecule has 57 heavy (non-hydrogen) atoms. The number of aliphatic hydroxyl groups excluding tert-OH is 2. The van der Waals surface area contributed by atoms with Gasteiger partial charge in [-0.1, -0.05) is 66.5 Å². The predicted octanol–water partition coefficient (Wildman–Crippen LogP) is 10.3. The zero-order valence-electron chi connectivity index (χ0n) is 33.9. The van der Waals surface area contributed by atoms with Crippen molar-refractivity contribution < 1.29 is 29.3 Å². The molecule has 1 aliphatic heterocycles. The number of benzene rings is 3. The molecule has 0 radical (unpaired) electrons. The Morgan fingerprint density at radius 2 is 1.74 bits per heavy atom. The van der Waals surface area contributed by atoms with E-state index in [1.807, 2.05) is 58.0 Å². The number of nitrogens with zero attached hydrogens (tertiary/aromatic N) is 2. The fraction of sp³-hybridized carbons (Fsp3) is 0.458. The average molecular weight is 791 g/mol. The van der Waals surface area contributed by atoms with Gasteiger partial charge in [0, 0.05) is 41.7 Å². The molecule has 2 heterocycles. The first-order valence-corrected chi connectivity index (χ1v) is 21.5. The third kappa shape index (κ3) is 9.28. The number of oxime groups is 1. The molecular weight excluding hydrogens is 733 g/mol. The van der Waals surface area contributed by atoms with Crippen LogP contribution in [-0.2, 0) is 16.2 Å². The molecule has 2 aliphatic carbocycles. The molecule has 6 unspecified atom stereocenters. The molecule has 2 N–H and O–H groups in total. The lowest BCUT2D eigenvalue weighted by Crippen LogP contribution is -2.64. The average Bonchev–Trinajstić information content (AvgIpc) is 3.20. The van der Waals surface area contributed by atoms with E-state index >= 15 is 0 Å². The summed E-state index contributed by atoms with van der Waals surface area (Å²) < 4.78 is 21.0. The van der Waals surface area contributed by atoms with Gasteiger partial charge in [0.2, 0.25) is 5.79 Å². The highest BCUT2D eigenvalue weighted by Crippen LogP contribution is 2.63. The Labute approximate surface area is 342 Å². The van der Waals surface area contributed by atoms with Crippen LogP contribution in [0.1, 0.15) is 88.6 Å². The minimum atomic E-state index is -1.08. The predicted molar refractivity (Wildman–Crippen MR) is 229 cm³/mol. The monoisotopic (exact) mass is 790 g/mol. The number of allylic oxidation sites excluding steroid dienone is 1. The Kier molecular flexibility index (Phi) is 13.1. The van der Waals surface area contributed by atoms with Crippen LogP contribution in [0.3, 0.4) is 0 Å². The van der Waals surface area contributed by atoms with E-state index in [4.69, 9.17) is 24.2 Å². The number of unbranched alkanes of at least 4 members (excludes halogenated alkanes) is 2. The molecule has 0 bridgehead atoms. The summed E-state index contributed by atoms with van der Waals surface area (Å²) in [7, 11) is 0. The molecule has 0 amide bonds.